The van der Waals surface area contributed by atoms with Gasteiger partial charge in [-0.1, -0.05) is 12.1 Å². The average molecular weight is 261 g/mol. The number of nitrogens with one attached hydrogen (secondary N) is 3. The molecule has 19 heavy (non-hydrogen) atoms. The Morgan fingerprint density at radius 2 is 2.32 bits per heavy atom. The van der Waals surface area contributed by atoms with Crippen molar-refractivity contribution in [1.29, 1.82) is 0 Å². The second kappa shape index (κ2) is 6.33. The van der Waals surface area contributed by atoms with Crippen LogP contribution in [0.2, 0.25) is 0 Å². The van der Waals surface area contributed by atoms with E-state index in [2.05, 4.69) is 16.0 Å². The Balaban J connectivity index is 1.94. The maximum absolute atomic E-state index is 12.1. The third-order valence-electron chi connectivity index (χ3n) is 3.21. The summed E-state index contributed by atoms with van der Waals surface area (Å²) in [6.07, 6.45) is 1.05. The van der Waals surface area contributed by atoms with Crippen LogP contribution >= 0.6 is 0 Å². The van der Waals surface area contributed by atoms with Crippen LogP contribution in [0.5, 0.6) is 0 Å². The van der Waals surface area contributed by atoms with Gasteiger partial charge in [-0.2, -0.15) is 0 Å². The van der Waals surface area contributed by atoms with Gasteiger partial charge >= 0.3 is 0 Å². The Morgan fingerprint density at radius 1 is 1.47 bits per heavy atom. The highest BCUT2D eigenvalue weighted by Crippen LogP contribution is 2.16. The molecule has 0 radical (unpaired) electrons. The molecule has 0 aromatic heterocycles. The lowest BCUT2D eigenvalue weighted by Gasteiger charge is -2.21. The summed E-state index contributed by atoms with van der Waals surface area (Å²) < 4.78 is 0. The molecule has 1 unspecified atom stereocenters. The molecule has 0 saturated carbocycles. The topological polar surface area (TPSA) is 70.2 Å². The first kappa shape index (κ1) is 13.5. The number of piperidine rings is 1. The lowest BCUT2D eigenvalue weighted by Crippen LogP contribution is -2.40. The highest BCUT2D eigenvalue weighted by Gasteiger charge is 2.24. The molecule has 1 heterocycles. The molecule has 0 aliphatic carbocycles. The predicted octanol–water partition coefficient (Wildman–Crippen LogP) is 0.871. The second-order valence-electron chi connectivity index (χ2n) is 4.76. The molecule has 1 fully saturated rings. The molecule has 2 amide bonds. The summed E-state index contributed by atoms with van der Waals surface area (Å²) in [6, 6.07) is 7.76. The Hall–Kier alpha value is -1.88. The van der Waals surface area contributed by atoms with Gasteiger partial charge in [-0.05, 0) is 31.2 Å². The number of hydrogen-bond donors (Lipinski definition) is 3. The third kappa shape index (κ3) is 3.79. The van der Waals surface area contributed by atoms with Crippen molar-refractivity contribution in [2.45, 2.75) is 19.4 Å². The van der Waals surface area contributed by atoms with E-state index in [0.717, 1.165) is 17.8 Å². The molecule has 1 saturated heterocycles. The van der Waals surface area contributed by atoms with Crippen LogP contribution in [0.4, 0.5) is 5.69 Å². The van der Waals surface area contributed by atoms with E-state index in [1.54, 1.807) is 0 Å². The first-order valence-corrected chi connectivity index (χ1v) is 6.50. The molecule has 0 spiro atoms. The van der Waals surface area contributed by atoms with E-state index in [1.807, 2.05) is 31.3 Å². The van der Waals surface area contributed by atoms with Crippen LogP contribution in [-0.4, -0.2) is 25.4 Å². The lowest BCUT2D eigenvalue weighted by molar-refractivity contribution is -0.126. The highest BCUT2D eigenvalue weighted by atomic mass is 16.2. The van der Waals surface area contributed by atoms with Gasteiger partial charge in [0.25, 0.3) is 0 Å². The molecule has 102 valence electrons. The molecule has 5 nitrogen and oxygen atoms in total. The predicted molar refractivity (Wildman–Crippen MR) is 73.6 cm³/mol. The number of anilines is 1. The molecular weight excluding hydrogens is 242 g/mol. The van der Waals surface area contributed by atoms with Crippen LogP contribution in [0.15, 0.2) is 24.3 Å². The van der Waals surface area contributed by atoms with Crippen molar-refractivity contribution in [3.8, 4) is 0 Å². The number of benzene rings is 1. The van der Waals surface area contributed by atoms with Gasteiger partial charge in [0, 0.05) is 25.2 Å². The number of amides is 2. The average Bonchev–Trinajstić information content (AvgIpc) is 2.40. The van der Waals surface area contributed by atoms with Gasteiger partial charge in [-0.3, -0.25) is 9.59 Å². The molecule has 0 bridgehead atoms. The largest absolute Gasteiger partial charge is 0.355 e. The van der Waals surface area contributed by atoms with Crippen LogP contribution in [0.1, 0.15) is 18.4 Å². The Morgan fingerprint density at radius 3 is 3.00 bits per heavy atom. The first-order valence-electron chi connectivity index (χ1n) is 6.50. The Labute approximate surface area is 112 Å². The van der Waals surface area contributed by atoms with Crippen LogP contribution in [0.25, 0.3) is 0 Å². The fourth-order valence-corrected chi connectivity index (χ4v) is 2.16. The van der Waals surface area contributed by atoms with Crippen molar-refractivity contribution >= 4 is 17.5 Å². The zero-order chi connectivity index (χ0) is 13.7. The summed E-state index contributed by atoms with van der Waals surface area (Å²) in [5, 5.41) is 8.70. The van der Waals surface area contributed by atoms with Crippen molar-refractivity contribution in [1.82, 2.24) is 10.6 Å². The second-order valence-corrected chi connectivity index (χ2v) is 4.76. The maximum Gasteiger partial charge on any atom is 0.229 e. The fourth-order valence-electron chi connectivity index (χ4n) is 2.16. The van der Waals surface area contributed by atoms with E-state index in [-0.39, 0.29) is 17.7 Å². The normalized spacial score (nSPS) is 18.8. The number of carbonyl (C=O) groups excluding carboxylic acids is 2. The minimum atomic E-state index is -0.134. The monoisotopic (exact) mass is 261 g/mol. The summed E-state index contributed by atoms with van der Waals surface area (Å²) in [7, 11) is 1.88. The minimum Gasteiger partial charge on any atom is -0.355 e. The smallest absolute Gasteiger partial charge is 0.229 e. The van der Waals surface area contributed by atoms with E-state index < -0.39 is 0 Å². The van der Waals surface area contributed by atoms with E-state index in [9.17, 15) is 9.59 Å². The molecule has 1 aromatic carbocycles. The summed E-state index contributed by atoms with van der Waals surface area (Å²) in [6.45, 7) is 1.20. The number of rotatable bonds is 4. The van der Waals surface area contributed by atoms with Gasteiger partial charge in [0.1, 0.15) is 0 Å². The van der Waals surface area contributed by atoms with Crippen molar-refractivity contribution in [2.24, 2.45) is 5.92 Å². The molecule has 3 N–H and O–H groups in total. The van der Waals surface area contributed by atoms with Crippen molar-refractivity contribution < 1.29 is 9.59 Å². The summed E-state index contributed by atoms with van der Waals surface area (Å²) in [5.41, 5.74) is 1.92. The lowest BCUT2D eigenvalue weighted by atomic mass is 9.98. The summed E-state index contributed by atoms with van der Waals surface area (Å²) in [4.78, 5) is 23.1. The highest BCUT2D eigenvalue weighted by molar-refractivity contribution is 5.94. The van der Waals surface area contributed by atoms with E-state index >= 15 is 0 Å². The zero-order valence-corrected chi connectivity index (χ0v) is 11.0. The van der Waals surface area contributed by atoms with Crippen molar-refractivity contribution in [2.75, 3.05) is 18.9 Å². The Kier molecular flexibility index (Phi) is 4.52. The van der Waals surface area contributed by atoms with Crippen LogP contribution in [0.3, 0.4) is 0 Å². The van der Waals surface area contributed by atoms with E-state index in [1.165, 1.54) is 0 Å². The number of hydrogen-bond acceptors (Lipinski definition) is 3. The van der Waals surface area contributed by atoms with Crippen LogP contribution in [-0.2, 0) is 16.1 Å². The van der Waals surface area contributed by atoms with E-state index in [4.69, 9.17) is 0 Å². The molecule has 5 heteroatoms. The first-order chi connectivity index (χ1) is 9.19. The van der Waals surface area contributed by atoms with Gasteiger partial charge in [-0.15, -0.1) is 0 Å². The van der Waals surface area contributed by atoms with Gasteiger partial charge in [0.15, 0.2) is 0 Å². The molecule has 1 aliphatic rings. The zero-order valence-electron chi connectivity index (χ0n) is 11.0. The minimum absolute atomic E-state index is 0.0263. The molecule has 1 aromatic rings. The molecule has 1 aliphatic heterocycles. The summed E-state index contributed by atoms with van der Waals surface area (Å²) >= 11 is 0. The van der Waals surface area contributed by atoms with Gasteiger partial charge in [0.05, 0.1) is 5.92 Å². The standard InChI is InChI=1S/C14H19N3O2/c1-15-8-10-3-2-4-12(7-10)17-14(19)11-5-6-13(18)16-9-11/h2-4,7,11,15H,5-6,8-9H2,1H3,(H,16,18)(H,17,19). The third-order valence-corrected chi connectivity index (χ3v) is 3.21. The van der Waals surface area contributed by atoms with Crippen LogP contribution in [0, 0.1) is 5.92 Å². The van der Waals surface area contributed by atoms with Crippen molar-refractivity contribution in [3.05, 3.63) is 29.8 Å². The quantitative estimate of drug-likeness (QED) is 0.753. The fraction of sp³-hybridized carbons (Fsp3) is 0.429. The van der Waals surface area contributed by atoms with Gasteiger partial charge < -0.3 is 16.0 Å². The van der Waals surface area contributed by atoms with Gasteiger partial charge in [0.2, 0.25) is 11.8 Å². The van der Waals surface area contributed by atoms with Crippen LogP contribution < -0.4 is 16.0 Å². The summed E-state index contributed by atoms with van der Waals surface area (Å²) in [5.74, 6) is -0.132. The molecule has 1 atom stereocenters. The molecule has 2 rings (SSSR count). The van der Waals surface area contributed by atoms with Crippen molar-refractivity contribution in [3.63, 3.8) is 0 Å². The number of carbonyl (C=O) groups is 2. The van der Waals surface area contributed by atoms with Gasteiger partial charge in [-0.25, -0.2) is 0 Å². The SMILES string of the molecule is CNCc1cccc(NC(=O)C2CCC(=O)NC2)c1. The maximum atomic E-state index is 12.1. The van der Waals surface area contributed by atoms with E-state index in [0.29, 0.717) is 19.4 Å². The Bertz CT molecular complexity index is 464. The molecular formula is C14H19N3O2.